The quantitative estimate of drug-likeness (QED) is 0.611. The standard InChI is InChI=1S/C18H17ClFNO/c1-12(2)21-10-13(18-16(20)7-4-8-17(18)21)11-22-15-6-3-5-14(19)9-15/h3-10,12H,11H2,1-2H3. The van der Waals surface area contributed by atoms with E-state index in [2.05, 4.69) is 18.4 Å². The molecule has 0 saturated heterocycles. The SMILES string of the molecule is CC(C)n1cc(COc2cccc(Cl)c2)c2c(F)cccc21. The highest BCUT2D eigenvalue weighted by Crippen LogP contribution is 2.28. The largest absolute Gasteiger partial charge is 0.489 e. The highest BCUT2D eigenvalue weighted by molar-refractivity contribution is 6.30. The number of halogens is 2. The minimum atomic E-state index is -0.221. The summed E-state index contributed by atoms with van der Waals surface area (Å²) in [6, 6.07) is 12.6. The van der Waals surface area contributed by atoms with Gasteiger partial charge in [0.25, 0.3) is 0 Å². The Bertz CT molecular complexity index is 810. The Morgan fingerprint density at radius 2 is 1.95 bits per heavy atom. The molecule has 1 heterocycles. The number of aromatic nitrogens is 1. The van der Waals surface area contributed by atoms with Crippen LogP contribution in [-0.2, 0) is 6.61 Å². The number of benzene rings is 2. The fourth-order valence-electron chi connectivity index (χ4n) is 2.60. The molecular formula is C18H17ClFNO. The van der Waals surface area contributed by atoms with E-state index in [4.69, 9.17) is 16.3 Å². The maximum Gasteiger partial charge on any atom is 0.132 e. The van der Waals surface area contributed by atoms with Crippen LogP contribution in [0.4, 0.5) is 4.39 Å². The molecule has 0 aliphatic heterocycles. The molecule has 3 aromatic rings. The van der Waals surface area contributed by atoms with Gasteiger partial charge in [-0.05, 0) is 44.2 Å². The van der Waals surface area contributed by atoms with Crippen LogP contribution in [0.2, 0.25) is 5.02 Å². The molecule has 0 N–H and O–H groups in total. The van der Waals surface area contributed by atoms with Crippen molar-refractivity contribution in [2.24, 2.45) is 0 Å². The molecule has 114 valence electrons. The molecule has 2 nitrogen and oxygen atoms in total. The summed E-state index contributed by atoms with van der Waals surface area (Å²) in [6.07, 6.45) is 1.96. The summed E-state index contributed by atoms with van der Waals surface area (Å²) in [7, 11) is 0. The summed E-state index contributed by atoms with van der Waals surface area (Å²) in [5.74, 6) is 0.455. The van der Waals surface area contributed by atoms with Gasteiger partial charge in [0.2, 0.25) is 0 Å². The van der Waals surface area contributed by atoms with E-state index < -0.39 is 0 Å². The van der Waals surface area contributed by atoms with Crippen molar-refractivity contribution in [1.82, 2.24) is 4.57 Å². The Hall–Kier alpha value is -2.00. The fourth-order valence-corrected chi connectivity index (χ4v) is 2.78. The first-order valence-electron chi connectivity index (χ1n) is 7.22. The third-order valence-corrected chi connectivity index (χ3v) is 3.87. The lowest BCUT2D eigenvalue weighted by molar-refractivity contribution is 0.307. The molecule has 1 aromatic heterocycles. The van der Waals surface area contributed by atoms with Crippen molar-refractivity contribution in [1.29, 1.82) is 0 Å². The van der Waals surface area contributed by atoms with Gasteiger partial charge in [0.15, 0.2) is 0 Å². The van der Waals surface area contributed by atoms with E-state index in [1.807, 2.05) is 24.4 Å². The lowest BCUT2D eigenvalue weighted by Crippen LogP contribution is -1.98. The summed E-state index contributed by atoms with van der Waals surface area (Å²) in [5.41, 5.74) is 1.72. The van der Waals surface area contributed by atoms with Crippen molar-refractivity contribution in [3.8, 4) is 5.75 Å². The number of rotatable bonds is 4. The molecule has 3 rings (SSSR count). The van der Waals surface area contributed by atoms with Gasteiger partial charge in [0, 0.05) is 28.2 Å². The maximum absolute atomic E-state index is 14.2. The molecule has 0 bridgehead atoms. The summed E-state index contributed by atoms with van der Waals surface area (Å²) < 4.78 is 22.1. The van der Waals surface area contributed by atoms with Gasteiger partial charge in [-0.25, -0.2) is 4.39 Å². The third-order valence-electron chi connectivity index (χ3n) is 3.63. The van der Waals surface area contributed by atoms with Crippen LogP contribution in [0.1, 0.15) is 25.5 Å². The summed E-state index contributed by atoms with van der Waals surface area (Å²) in [6.45, 7) is 4.45. The van der Waals surface area contributed by atoms with Crippen molar-refractivity contribution < 1.29 is 9.13 Å². The zero-order valence-electron chi connectivity index (χ0n) is 12.5. The Morgan fingerprint density at radius 3 is 2.68 bits per heavy atom. The van der Waals surface area contributed by atoms with Crippen LogP contribution in [0, 0.1) is 5.82 Å². The summed E-state index contributed by atoms with van der Waals surface area (Å²) in [5, 5.41) is 1.24. The maximum atomic E-state index is 14.2. The van der Waals surface area contributed by atoms with Gasteiger partial charge < -0.3 is 9.30 Å². The van der Waals surface area contributed by atoms with Crippen LogP contribution in [0.25, 0.3) is 10.9 Å². The summed E-state index contributed by atoms with van der Waals surface area (Å²) in [4.78, 5) is 0. The first kappa shape index (κ1) is 14.9. The molecule has 0 saturated carbocycles. The molecule has 0 unspecified atom stereocenters. The second-order valence-corrected chi connectivity index (χ2v) is 5.97. The van der Waals surface area contributed by atoms with Crippen LogP contribution in [0.5, 0.6) is 5.75 Å². The molecule has 0 spiro atoms. The van der Waals surface area contributed by atoms with Gasteiger partial charge in [-0.15, -0.1) is 0 Å². The molecule has 0 atom stereocenters. The molecule has 0 fully saturated rings. The second kappa shape index (κ2) is 6.01. The summed E-state index contributed by atoms with van der Waals surface area (Å²) >= 11 is 5.95. The predicted molar refractivity (Wildman–Crippen MR) is 88.1 cm³/mol. The normalized spacial score (nSPS) is 11.3. The topological polar surface area (TPSA) is 14.2 Å². The lowest BCUT2D eigenvalue weighted by Gasteiger charge is -2.08. The minimum absolute atomic E-state index is 0.221. The number of nitrogens with zero attached hydrogens (tertiary/aromatic N) is 1. The van der Waals surface area contributed by atoms with E-state index >= 15 is 0 Å². The van der Waals surface area contributed by atoms with Crippen molar-refractivity contribution >= 4 is 22.5 Å². The van der Waals surface area contributed by atoms with E-state index in [-0.39, 0.29) is 11.9 Å². The number of hydrogen-bond acceptors (Lipinski definition) is 1. The highest BCUT2D eigenvalue weighted by Gasteiger charge is 2.14. The van der Waals surface area contributed by atoms with E-state index in [9.17, 15) is 4.39 Å². The van der Waals surface area contributed by atoms with Gasteiger partial charge in [-0.2, -0.15) is 0 Å². The minimum Gasteiger partial charge on any atom is -0.489 e. The number of hydrogen-bond donors (Lipinski definition) is 0. The Balaban J connectivity index is 1.96. The Kier molecular flexibility index (Phi) is 4.08. The van der Waals surface area contributed by atoms with Crippen LogP contribution in [0.3, 0.4) is 0 Å². The molecule has 0 aliphatic carbocycles. The van der Waals surface area contributed by atoms with E-state index in [1.54, 1.807) is 18.2 Å². The van der Waals surface area contributed by atoms with Crippen LogP contribution in [0.15, 0.2) is 48.7 Å². The average Bonchev–Trinajstić information content (AvgIpc) is 2.86. The van der Waals surface area contributed by atoms with Crippen LogP contribution < -0.4 is 4.74 Å². The number of ether oxygens (including phenoxy) is 1. The molecule has 0 aliphatic rings. The van der Waals surface area contributed by atoms with E-state index in [0.29, 0.717) is 22.8 Å². The van der Waals surface area contributed by atoms with Crippen molar-refractivity contribution in [3.05, 3.63) is 65.1 Å². The van der Waals surface area contributed by atoms with E-state index in [1.165, 1.54) is 6.07 Å². The fraction of sp³-hybridized carbons (Fsp3) is 0.222. The molecule has 0 radical (unpaired) electrons. The van der Waals surface area contributed by atoms with Crippen LogP contribution in [-0.4, -0.2) is 4.57 Å². The molecule has 2 aromatic carbocycles. The van der Waals surface area contributed by atoms with Gasteiger partial charge in [-0.1, -0.05) is 23.7 Å². The van der Waals surface area contributed by atoms with Crippen LogP contribution >= 0.6 is 11.6 Å². The Labute approximate surface area is 134 Å². The molecule has 0 amide bonds. The van der Waals surface area contributed by atoms with Crippen molar-refractivity contribution in [2.75, 3.05) is 0 Å². The first-order valence-corrected chi connectivity index (χ1v) is 7.60. The van der Waals surface area contributed by atoms with Gasteiger partial charge in [0.05, 0.1) is 5.52 Å². The smallest absolute Gasteiger partial charge is 0.132 e. The zero-order chi connectivity index (χ0) is 15.7. The highest BCUT2D eigenvalue weighted by atomic mass is 35.5. The van der Waals surface area contributed by atoms with Crippen molar-refractivity contribution in [3.63, 3.8) is 0 Å². The first-order chi connectivity index (χ1) is 10.6. The van der Waals surface area contributed by atoms with E-state index in [0.717, 1.165) is 11.1 Å². The van der Waals surface area contributed by atoms with Gasteiger partial charge in [-0.3, -0.25) is 0 Å². The second-order valence-electron chi connectivity index (χ2n) is 5.54. The predicted octanol–water partition coefficient (Wildman–Crippen LogP) is 5.59. The van der Waals surface area contributed by atoms with Gasteiger partial charge in [0.1, 0.15) is 18.2 Å². The monoisotopic (exact) mass is 317 g/mol. The molecule has 4 heteroatoms. The number of fused-ring (bicyclic) bond motifs is 1. The Morgan fingerprint density at radius 1 is 1.18 bits per heavy atom. The van der Waals surface area contributed by atoms with Gasteiger partial charge >= 0.3 is 0 Å². The van der Waals surface area contributed by atoms with Crippen molar-refractivity contribution in [2.45, 2.75) is 26.5 Å². The average molecular weight is 318 g/mol. The molecule has 22 heavy (non-hydrogen) atoms. The zero-order valence-corrected chi connectivity index (χ0v) is 13.3. The molecular weight excluding hydrogens is 301 g/mol. The third kappa shape index (κ3) is 2.81. The lowest BCUT2D eigenvalue weighted by atomic mass is 10.2.